The summed E-state index contributed by atoms with van der Waals surface area (Å²) >= 11 is 0. The van der Waals surface area contributed by atoms with E-state index in [1.165, 1.54) is 12.4 Å². The molecule has 0 amide bonds. The highest BCUT2D eigenvalue weighted by atomic mass is 16.5. The molecule has 1 aliphatic heterocycles. The Labute approximate surface area is 113 Å². The minimum Gasteiger partial charge on any atom is -0.462 e. The van der Waals surface area contributed by atoms with E-state index in [0.29, 0.717) is 24.2 Å². The number of nitrogens with one attached hydrogen (secondary N) is 1. The third-order valence-electron chi connectivity index (χ3n) is 3.34. The van der Waals surface area contributed by atoms with Gasteiger partial charge in [0.15, 0.2) is 0 Å². The fourth-order valence-electron chi connectivity index (χ4n) is 2.17. The number of carbonyl (C=O) groups excluding carboxylic acids is 1. The van der Waals surface area contributed by atoms with Crippen LogP contribution in [0.5, 0.6) is 0 Å². The Morgan fingerprint density at radius 1 is 1.42 bits per heavy atom. The number of nitrogens with zero attached hydrogens (tertiary/aromatic N) is 3. The van der Waals surface area contributed by atoms with Gasteiger partial charge >= 0.3 is 5.97 Å². The summed E-state index contributed by atoms with van der Waals surface area (Å²) in [5.74, 6) is 0.311. The van der Waals surface area contributed by atoms with Gasteiger partial charge in [0.05, 0.1) is 12.2 Å². The summed E-state index contributed by atoms with van der Waals surface area (Å²) in [4.78, 5) is 22.1. The molecule has 0 aromatic carbocycles. The van der Waals surface area contributed by atoms with Crippen LogP contribution in [-0.2, 0) is 4.74 Å². The molecule has 2 rings (SSSR count). The molecule has 0 unspecified atom stereocenters. The van der Waals surface area contributed by atoms with Crippen LogP contribution in [0.3, 0.4) is 0 Å². The minimum absolute atomic E-state index is 0.359. The Kier molecular flexibility index (Phi) is 4.68. The predicted molar refractivity (Wildman–Crippen MR) is 72.3 cm³/mol. The summed E-state index contributed by atoms with van der Waals surface area (Å²) in [6.07, 6.45) is 5.23. The number of aromatic nitrogens is 2. The summed E-state index contributed by atoms with van der Waals surface area (Å²) in [5.41, 5.74) is 0.399. The van der Waals surface area contributed by atoms with Crippen molar-refractivity contribution < 1.29 is 9.53 Å². The lowest BCUT2D eigenvalue weighted by Gasteiger charge is -2.31. The first-order valence-electron chi connectivity index (χ1n) is 6.66. The van der Waals surface area contributed by atoms with Crippen molar-refractivity contribution in [2.45, 2.75) is 25.8 Å². The van der Waals surface area contributed by atoms with Crippen LogP contribution in [0.1, 0.15) is 30.1 Å². The van der Waals surface area contributed by atoms with Gasteiger partial charge in [-0.15, -0.1) is 0 Å². The quantitative estimate of drug-likeness (QED) is 0.813. The second-order valence-electron chi connectivity index (χ2n) is 4.54. The van der Waals surface area contributed by atoms with Gasteiger partial charge in [0.1, 0.15) is 0 Å². The van der Waals surface area contributed by atoms with Crippen LogP contribution < -0.4 is 10.2 Å². The van der Waals surface area contributed by atoms with Crippen LogP contribution in [0.4, 0.5) is 5.95 Å². The predicted octanol–water partition coefficient (Wildman–Crippen LogP) is 0.841. The Morgan fingerprint density at radius 3 is 2.58 bits per heavy atom. The number of ether oxygens (including phenoxy) is 1. The maximum atomic E-state index is 11.5. The summed E-state index contributed by atoms with van der Waals surface area (Å²) in [7, 11) is 1.99. The van der Waals surface area contributed by atoms with Crippen LogP contribution in [0.25, 0.3) is 0 Å². The molecule has 1 aromatic heterocycles. The fourth-order valence-corrected chi connectivity index (χ4v) is 2.17. The molecule has 0 radical (unpaired) electrons. The van der Waals surface area contributed by atoms with Gasteiger partial charge in [-0.3, -0.25) is 0 Å². The molecule has 0 spiro atoms. The maximum Gasteiger partial charge on any atom is 0.341 e. The number of carbonyl (C=O) groups is 1. The standard InChI is InChI=1S/C13H20N4O2/c1-3-19-12(18)10-8-15-13(16-9-10)17-6-4-11(14-2)5-7-17/h8-9,11,14H,3-7H2,1-2H3. The zero-order valence-electron chi connectivity index (χ0n) is 11.4. The van der Waals surface area contributed by atoms with Gasteiger partial charge in [0.25, 0.3) is 0 Å². The number of hydrogen-bond donors (Lipinski definition) is 1. The van der Waals surface area contributed by atoms with Crippen molar-refractivity contribution in [2.24, 2.45) is 0 Å². The van der Waals surface area contributed by atoms with Crippen molar-refractivity contribution in [3.63, 3.8) is 0 Å². The van der Waals surface area contributed by atoms with Gasteiger partial charge in [-0.25, -0.2) is 14.8 Å². The Hall–Kier alpha value is -1.69. The van der Waals surface area contributed by atoms with E-state index in [4.69, 9.17) is 4.74 Å². The van der Waals surface area contributed by atoms with E-state index in [0.717, 1.165) is 25.9 Å². The fraction of sp³-hybridized carbons (Fsp3) is 0.615. The van der Waals surface area contributed by atoms with Crippen molar-refractivity contribution in [3.05, 3.63) is 18.0 Å². The van der Waals surface area contributed by atoms with Crippen molar-refractivity contribution in [1.82, 2.24) is 15.3 Å². The van der Waals surface area contributed by atoms with E-state index in [1.807, 2.05) is 7.05 Å². The van der Waals surface area contributed by atoms with Crippen LogP contribution in [0, 0.1) is 0 Å². The van der Waals surface area contributed by atoms with E-state index in [2.05, 4.69) is 20.2 Å². The largest absolute Gasteiger partial charge is 0.462 e. The lowest BCUT2D eigenvalue weighted by atomic mass is 10.1. The Balaban J connectivity index is 1.97. The molecule has 104 valence electrons. The molecule has 0 aliphatic carbocycles. The topological polar surface area (TPSA) is 67.3 Å². The SMILES string of the molecule is CCOC(=O)c1cnc(N2CCC(NC)CC2)nc1. The van der Waals surface area contributed by atoms with E-state index >= 15 is 0 Å². The lowest BCUT2D eigenvalue weighted by Crippen LogP contribution is -2.41. The molecule has 19 heavy (non-hydrogen) atoms. The van der Waals surface area contributed by atoms with Gasteiger partial charge in [-0.1, -0.05) is 0 Å². The smallest absolute Gasteiger partial charge is 0.341 e. The molecule has 6 nitrogen and oxygen atoms in total. The normalized spacial score (nSPS) is 16.4. The Morgan fingerprint density at radius 2 is 2.05 bits per heavy atom. The summed E-state index contributed by atoms with van der Waals surface area (Å²) in [5, 5.41) is 3.29. The zero-order chi connectivity index (χ0) is 13.7. The van der Waals surface area contributed by atoms with E-state index < -0.39 is 0 Å². The molecule has 1 fully saturated rings. The van der Waals surface area contributed by atoms with E-state index in [-0.39, 0.29) is 5.97 Å². The minimum atomic E-state index is -0.372. The molecule has 1 aromatic rings. The van der Waals surface area contributed by atoms with Crippen molar-refractivity contribution in [2.75, 3.05) is 31.6 Å². The number of hydrogen-bond acceptors (Lipinski definition) is 6. The van der Waals surface area contributed by atoms with Crippen molar-refractivity contribution in [1.29, 1.82) is 0 Å². The van der Waals surface area contributed by atoms with Gasteiger partial charge in [0, 0.05) is 31.5 Å². The van der Waals surface area contributed by atoms with Gasteiger partial charge in [0.2, 0.25) is 5.95 Å². The lowest BCUT2D eigenvalue weighted by molar-refractivity contribution is 0.0525. The molecule has 6 heteroatoms. The van der Waals surface area contributed by atoms with E-state index in [9.17, 15) is 4.79 Å². The molecule has 0 atom stereocenters. The average molecular weight is 264 g/mol. The van der Waals surface area contributed by atoms with Crippen LogP contribution in [0.15, 0.2) is 12.4 Å². The molecule has 0 bridgehead atoms. The molecule has 1 N–H and O–H groups in total. The highest BCUT2D eigenvalue weighted by Crippen LogP contribution is 2.15. The summed E-state index contributed by atoms with van der Waals surface area (Å²) in [6, 6.07) is 0.579. The highest BCUT2D eigenvalue weighted by molar-refractivity contribution is 5.88. The van der Waals surface area contributed by atoms with Crippen LogP contribution in [-0.4, -0.2) is 48.7 Å². The first kappa shape index (κ1) is 13.7. The third kappa shape index (κ3) is 3.41. The molecule has 2 heterocycles. The second kappa shape index (κ2) is 6.47. The van der Waals surface area contributed by atoms with Crippen LogP contribution in [0.2, 0.25) is 0 Å². The number of esters is 1. The molecular formula is C13H20N4O2. The van der Waals surface area contributed by atoms with Crippen molar-refractivity contribution in [3.8, 4) is 0 Å². The number of piperidine rings is 1. The molecule has 1 aliphatic rings. The maximum absolute atomic E-state index is 11.5. The molecule has 1 saturated heterocycles. The average Bonchev–Trinajstić information content (AvgIpc) is 2.48. The third-order valence-corrected chi connectivity index (χ3v) is 3.34. The van der Waals surface area contributed by atoms with Gasteiger partial charge in [-0.2, -0.15) is 0 Å². The van der Waals surface area contributed by atoms with Crippen molar-refractivity contribution >= 4 is 11.9 Å². The van der Waals surface area contributed by atoms with Gasteiger partial charge < -0.3 is 15.0 Å². The first-order chi connectivity index (χ1) is 9.24. The first-order valence-corrected chi connectivity index (χ1v) is 6.66. The summed E-state index contributed by atoms with van der Waals surface area (Å²) in [6.45, 7) is 4.01. The van der Waals surface area contributed by atoms with Crippen LogP contribution >= 0.6 is 0 Å². The van der Waals surface area contributed by atoms with E-state index in [1.54, 1.807) is 6.92 Å². The Bertz CT molecular complexity index is 413. The zero-order valence-corrected chi connectivity index (χ0v) is 11.4. The van der Waals surface area contributed by atoms with Gasteiger partial charge in [-0.05, 0) is 26.8 Å². The highest BCUT2D eigenvalue weighted by Gasteiger charge is 2.19. The summed E-state index contributed by atoms with van der Waals surface area (Å²) < 4.78 is 4.90. The number of anilines is 1. The monoisotopic (exact) mass is 264 g/mol. The molecular weight excluding hydrogens is 244 g/mol. The number of rotatable bonds is 4. The molecule has 0 saturated carbocycles. The second-order valence-corrected chi connectivity index (χ2v) is 4.54.